The van der Waals surface area contributed by atoms with Crippen molar-refractivity contribution in [2.24, 2.45) is 0 Å². The second kappa shape index (κ2) is 7.37. The predicted octanol–water partition coefficient (Wildman–Crippen LogP) is 5.23. The monoisotopic (exact) mass is 396 g/mol. The second-order valence-electron chi connectivity index (χ2n) is 7.02. The van der Waals surface area contributed by atoms with E-state index < -0.39 is 17.7 Å². The summed E-state index contributed by atoms with van der Waals surface area (Å²) in [6.45, 7) is -0.0444. The Kier molecular flexibility index (Phi) is 4.88. The Labute approximate surface area is 167 Å². The highest BCUT2D eigenvalue weighted by Gasteiger charge is 2.40. The highest BCUT2D eigenvalue weighted by atomic mass is 19.4. The van der Waals surface area contributed by atoms with Crippen molar-refractivity contribution in [1.82, 2.24) is 5.01 Å². The van der Waals surface area contributed by atoms with Crippen molar-refractivity contribution >= 4 is 11.6 Å². The summed E-state index contributed by atoms with van der Waals surface area (Å²) in [6.07, 6.45) is -4.45. The van der Waals surface area contributed by atoms with Gasteiger partial charge in [0.15, 0.2) is 0 Å². The third-order valence-electron chi connectivity index (χ3n) is 5.13. The minimum absolute atomic E-state index is 0.0444. The summed E-state index contributed by atoms with van der Waals surface area (Å²) in [4.78, 5) is 13.3. The average Bonchev–Trinajstić information content (AvgIpc) is 3.00. The molecular formula is C23H19F3N2O. The molecule has 1 aliphatic heterocycles. The summed E-state index contributed by atoms with van der Waals surface area (Å²) in [6, 6.07) is 22.3. The molecular weight excluding hydrogens is 377 g/mol. The van der Waals surface area contributed by atoms with Crippen LogP contribution in [0.5, 0.6) is 0 Å². The SMILES string of the molecule is CN(Cc1ccccc1C(F)(F)F)N1C(=O)[C@@H](c2ccccc2)c2ccccc21. The molecule has 0 aliphatic carbocycles. The molecule has 0 fully saturated rings. The second-order valence-corrected chi connectivity index (χ2v) is 7.02. The van der Waals surface area contributed by atoms with Crippen molar-refractivity contribution in [3.63, 3.8) is 0 Å². The Morgan fingerprint density at radius 1 is 0.897 bits per heavy atom. The number of nitrogens with zero attached hydrogens (tertiary/aromatic N) is 2. The molecule has 0 bridgehead atoms. The Hall–Kier alpha value is -3.12. The van der Waals surface area contributed by atoms with Crippen molar-refractivity contribution in [2.75, 3.05) is 12.1 Å². The minimum Gasteiger partial charge on any atom is -0.272 e. The van der Waals surface area contributed by atoms with E-state index in [0.29, 0.717) is 5.69 Å². The normalized spacial score (nSPS) is 16.4. The molecule has 3 aromatic carbocycles. The molecule has 1 amide bonds. The lowest BCUT2D eigenvalue weighted by Crippen LogP contribution is -2.43. The lowest BCUT2D eigenvalue weighted by atomic mass is 9.93. The number of hydrazine groups is 1. The van der Waals surface area contributed by atoms with Crippen LogP contribution in [0.1, 0.15) is 28.2 Å². The van der Waals surface area contributed by atoms with E-state index in [9.17, 15) is 18.0 Å². The number of para-hydroxylation sites is 1. The van der Waals surface area contributed by atoms with Crippen LogP contribution >= 0.6 is 0 Å². The van der Waals surface area contributed by atoms with E-state index in [-0.39, 0.29) is 18.0 Å². The number of carbonyl (C=O) groups is 1. The maximum atomic E-state index is 13.4. The third kappa shape index (κ3) is 3.51. The van der Waals surface area contributed by atoms with Crippen LogP contribution in [0.15, 0.2) is 78.9 Å². The van der Waals surface area contributed by atoms with Crippen LogP contribution in [0.3, 0.4) is 0 Å². The van der Waals surface area contributed by atoms with Gasteiger partial charge in [0.05, 0.1) is 17.2 Å². The van der Waals surface area contributed by atoms with Crippen LogP contribution in [0, 0.1) is 0 Å². The van der Waals surface area contributed by atoms with Gasteiger partial charge in [0, 0.05) is 13.6 Å². The van der Waals surface area contributed by atoms with Gasteiger partial charge in [0.2, 0.25) is 0 Å². The van der Waals surface area contributed by atoms with Crippen LogP contribution in [0.4, 0.5) is 18.9 Å². The van der Waals surface area contributed by atoms with Crippen LogP contribution in [-0.4, -0.2) is 18.0 Å². The van der Waals surface area contributed by atoms with E-state index >= 15 is 0 Å². The van der Waals surface area contributed by atoms with E-state index in [1.165, 1.54) is 17.1 Å². The quantitative estimate of drug-likeness (QED) is 0.603. The molecule has 148 valence electrons. The fraction of sp³-hybridized carbons (Fsp3) is 0.174. The van der Waals surface area contributed by atoms with Crippen LogP contribution in [-0.2, 0) is 17.5 Å². The average molecular weight is 396 g/mol. The molecule has 3 nitrogen and oxygen atoms in total. The number of fused-ring (bicyclic) bond motifs is 1. The number of rotatable bonds is 4. The number of anilines is 1. The first-order valence-electron chi connectivity index (χ1n) is 9.22. The van der Waals surface area contributed by atoms with Gasteiger partial charge in [-0.1, -0.05) is 66.7 Å². The highest BCUT2D eigenvalue weighted by molar-refractivity contribution is 6.06. The first-order valence-corrected chi connectivity index (χ1v) is 9.22. The summed E-state index contributed by atoms with van der Waals surface area (Å²) < 4.78 is 40.1. The fourth-order valence-electron chi connectivity index (χ4n) is 3.87. The smallest absolute Gasteiger partial charge is 0.272 e. The molecule has 1 heterocycles. The molecule has 0 aromatic heterocycles. The number of halogens is 3. The maximum absolute atomic E-state index is 13.4. The predicted molar refractivity (Wildman–Crippen MR) is 105 cm³/mol. The van der Waals surface area contributed by atoms with Gasteiger partial charge >= 0.3 is 6.18 Å². The lowest BCUT2D eigenvalue weighted by Gasteiger charge is -2.30. The number of amides is 1. The fourth-order valence-corrected chi connectivity index (χ4v) is 3.87. The van der Waals surface area contributed by atoms with E-state index in [4.69, 9.17) is 0 Å². The van der Waals surface area contributed by atoms with Crippen molar-refractivity contribution < 1.29 is 18.0 Å². The Balaban J connectivity index is 1.70. The summed E-state index contributed by atoms with van der Waals surface area (Å²) in [7, 11) is 1.63. The van der Waals surface area contributed by atoms with E-state index in [1.807, 2.05) is 54.6 Å². The number of hydrogen-bond donors (Lipinski definition) is 0. The molecule has 0 spiro atoms. The molecule has 4 rings (SSSR count). The number of benzene rings is 3. The van der Waals surface area contributed by atoms with Crippen molar-refractivity contribution in [3.8, 4) is 0 Å². The van der Waals surface area contributed by atoms with Crippen LogP contribution < -0.4 is 5.01 Å². The largest absolute Gasteiger partial charge is 0.416 e. The molecule has 0 unspecified atom stereocenters. The zero-order valence-corrected chi connectivity index (χ0v) is 15.7. The van der Waals surface area contributed by atoms with Gasteiger partial charge in [0.25, 0.3) is 5.91 Å². The van der Waals surface area contributed by atoms with E-state index in [0.717, 1.165) is 17.2 Å². The molecule has 0 N–H and O–H groups in total. The molecule has 1 aliphatic rings. The molecule has 1 atom stereocenters. The number of carbonyl (C=O) groups excluding carboxylic acids is 1. The first-order chi connectivity index (χ1) is 13.9. The zero-order chi connectivity index (χ0) is 20.6. The molecule has 3 aromatic rings. The van der Waals surface area contributed by atoms with Crippen molar-refractivity contribution in [3.05, 3.63) is 101 Å². The van der Waals surface area contributed by atoms with Crippen molar-refractivity contribution in [2.45, 2.75) is 18.6 Å². The number of hydrogen-bond acceptors (Lipinski definition) is 2. The van der Waals surface area contributed by atoms with Gasteiger partial charge < -0.3 is 0 Å². The third-order valence-corrected chi connectivity index (χ3v) is 5.13. The first kappa shape index (κ1) is 19.2. The van der Waals surface area contributed by atoms with Gasteiger partial charge in [-0.15, -0.1) is 0 Å². The van der Waals surface area contributed by atoms with E-state index in [2.05, 4.69) is 0 Å². The van der Waals surface area contributed by atoms with Crippen LogP contribution in [0.2, 0.25) is 0 Å². The minimum atomic E-state index is -4.45. The summed E-state index contributed by atoms with van der Waals surface area (Å²) in [5.74, 6) is -0.655. The molecule has 6 heteroatoms. The zero-order valence-electron chi connectivity index (χ0n) is 15.7. The molecule has 0 saturated carbocycles. The standard InChI is InChI=1S/C23H19F3N2O/c1-27(15-17-11-5-7-13-19(17)23(24,25)26)28-20-14-8-6-12-18(20)21(22(28)29)16-9-3-2-4-10-16/h2-14,21H,15H2,1H3/t21-/m0/s1. The molecule has 0 radical (unpaired) electrons. The molecule has 0 saturated heterocycles. The Morgan fingerprint density at radius 2 is 1.52 bits per heavy atom. The van der Waals surface area contributed by atoms with Gasteiger partial charge in [-0.25, -0.2) is 10.0 Å². The van der Waals surface area contributed by atoms with Gasteiger partial charge in [-0.2, -0.15) is 13.2 Å². The van der Waals surface area contributed by atoms with Gasteiger partial charge in [-0.05, 0) is 28.8 Å². The van der Waals surface area contributed by atoms with Gasteiger partial charge in [0.1, 0.15) is 0 Å². The van der Waals surface area contributed by atoms with Gasteiger partial charge in [-0.3, -0.25) is 4.79 Å². The summed E-state index contributed by atoms with van der Waals surface area (Å²) in [5, 5.41) is 3.04. The lowest BCUT2D eigenvalue weighted by molar-refractivity contribution is -0.138. The highest BCUT2D eigenvalue weighted by Crippen LogP contribution is 2.42. The molecule has 29 heavy (non-hydrogen) atoms. The maximum Gasteiger partial charge on any atom is 0.416 e. The Morgan fingerprint density at radius 3 is 2.24 bits per heavy atom. The topological polar surface area (TPSA) is 23.6 Å². The van der Waals surface area contributed by atoms with Crippen LogP contribution in [0.25, 0.3) is 0 Å². The Bertz CT molecular complexity index is 1030. The van der Waals surface area contributed by atoms with Crippen molar-refractivity contribution in [1.29, 1.82) is 0 Å². The summed E-state index contributed by atoms with van der Waals surface area (Å²) in [5.41, 5.74) is 1.83. The number of alkyl halides is 3. The van der Waals surface area contributed by atoms with E-state index in [1.54, 1.807) is 18.1 Å². The summed E-state index contributed by atoms with van der Waals surface area (Å²) >= 11 is 0.